The van der Waals surface area contributed by atoms with Gasteiger partial charge in [-0.25, -0.2) is 0 Å². The molecule has 1 aromatic heterocycles. The zero-order chi connectivity index (χ0) is 12.0. The molecule has 1 heterocycles. The lowest BCUT2D eigenvalue weighted by Crippen LogP contribution is -2.39. The molecule has 0 fully saturated rings. The van der Waals surface area contributed by atoms with Gasteiger partial charge in [0.2, 0.25) is 0 Å². The fourth-order valence-electron chi connectivity index (χ4n) is 2.12. The van der Waals surface area contributed by atoms with Gasteiger partial charge in [0, 0.05) is 25.2 Å². The van der Waals surface area contributed by atoms with Gasteiger partial charge >= 0.3 is 0 Å². The first kappa shape index (κ1) is 13.3. The second-order valence-electron chi connectivity index (χ2n) is 5.00. The Hall–Kier alpha value is -0.800. The van der Waals surface area contributed by atoms with Gasteiger partial charge in [-0.15, -0.1) is 0 Å². The van der Waals surface area contributed by atoms with Gasteiger partial charge in [-0.1, -0.05) is 13.8 Å². The topological polar surface area (TPSA) is 28.4 Å². The van der Waals surface area contributed by atoms with E-state index in [1.165, 1.54) is 12.0 Å². The summed E-state index contributed by atoms with van der Waals surface area (Å²) >= 11 is 0. The molecule has 0 amide bonds. The lowest BCUT2D eigenvalue weighted by atomic mass is 9.87. The molecule has 0 aromatic carbocycles. The largest absolute Gasteiger partial charge is 0.472 e. The molecule has 1 unspecified atom stereocenters. The molecule has 1 N–H and O–H groups in total. The number of hydrogen-bond donors (Lipinski definition) is 1. The Bertz CT molecular complexity index is 284. The molecule has 0 bridgehead atoms. The van der Waals surface area contributed by atoms with Crippen LogP contribution in [0.2, 0.25) is 0 Å². The average molecular weight is 224 g/mol. The van der Waals surface area contributed by atoms with Crippen molar-refractivity contribution in [1.29, 1.82) is 0 Å². The standard InChI is InChI=1S/C13H24N2O/c1-5-13(2,10-14-3)11-15(4)8-12-6-7-16-9-12/h6-7,9,14H,5,8,10-11H2,1-4H3. The molecule has 0 spiro atoms. The van der Waals surface area contributed by atoms with Crippen molar-refractivity contribution in [2.45, 2.75) is 26.8 Å². The van der Waals surface area contributed by atoms with E-state index in [1.807, 2.05) is 19.4 Å². The van der Waals surface area contributed by atoms with Crippen molar-refractivity contribution in [1.82, 2.24) is 10.2 Å². The predicted octanol–water partition coefficient (Wildman–Crippen LogP) is 2.35. The predicted molar refractivity (Wildman–Crippen MR) is 67.4 cm³/mol. The Kier molecular flexibility index (Phi) is 5.03. The van der Waals surface area contributed by atoms with Gasteiger partial charge in [0.05, 0.1) is 12.5 Å². The van der Waals surface area contributed by atoms with Gasteiger partial charge in [0.25, 0.3) is 0 Å². The van der Waals surface area contributed by atoms with Crippen molar-refractivity contribution in [2.75, 3.05) is 27.2 Å². The highest BCUT2D eigenvalue weighted by molar-refractivity contribution is 5.04. The Labute approximate surface area is 98.8 Å². The van der Waals surface area contributed by atoms with Crippen LogP contribution in [0.25, 0.3) is 0 Å². The Balaban J connectivity index is 2.45. The number of furan rings is 1. The summed E-state index contributed by atoms with van der Waals surface area (Å²) in [5.41, 5.74) is 1.58. The number of rotatable bonds is 7. The van der Waals surface area contributed by atoms with Crippen LogP contribution in [0.15, 0.2) is 23.0 Å². The molecule has 1 rings (SSSR count). The molecule has 3 nitrogen and oxygen atoms in total. The first-order valence-electron chi connectivity index (χ1n) is 5.94. The fraction of sp³-hybridized carbons (Fsp3) is 0.692. The minimum atomic E-state index is 0.341. The van der Waals surface area contributed by atoms with Crippen molar-refractivity contribution in [3.05, 3.63) is 24.2 Å². The number of nitrogens with one attached hydrogen (secondary N) is 1. The zero-order valence-corrected chi connectivity index (χ0v) is 10.9. The summed E-state index contributed by atoms with van der Waals surface area (Å²) in [5, 5.41) is 3.28. The van der Waals surface area contributed by atoms with E-state index < -0.39 is 0 Å². The van der Waals surface area contributed by atoms with E-state index in [0.29, 0.717) is 5.41 Å². The van der Waals surface area contributed by atoms with Crippen molar-refractivity contribution < 1.29 is 4.42 Å². The minimum Gasteiger partial charge on any atom is -0.472 e. The van der Waals surface area contributed by atoms with E-state index >= 15 is 0 Å². The summed E-state index contributed by atoms with van der Waals surface area (Å²) in [4.78, 5) is 2.35. The lowest BCUT2D eigenvalue weighted by Gasteiger charge is -2.32. The molecule has 92 valence electrons. The van der Waals surface area contributed by atoms with Crippen LogP contribution in [0.3, 0.4) is 0 Å². The minimum absolute atomic E-state index is 0.341. The second kappa shape index (κ2) is 6.06. The number of nitrogens with zero attached hydrogens (tertiary/aromatic N) is 1. The normalized spacial score (nSPS) is 15.3. The molecular formula is C13H24N2O. The molecule has 0 saturated heterocycles. The molecule has 0 aliphatic rings. The van der Waals surface area contributed by atoms with Gasteiger partial charge in [-0.3, -0.25) is 0 Å². The van der Waals surface area contributed by atoms with Crippen molar-refractivity contribution in [2.24, 2.45) is 5.41 Å². The van der Waals surface area contributed by atoms with Crippen molar-refractivity contribution in [3.8, 4) is 0 Å². The molecule has 16 heavy (non-hydrogen) atoms. The van der Waals surface area contributed by atoms with Gasteiger partial charge in [0.1, 0.15) is 0 Å². The molecule has 1 atom stereocenters. The van der Waals surface area contributed by atoms with Crippen LogP contribution < -0.4 is 5.32 Å². The number of hydrogen-bond acceptors (Lipinski definition) is 3. The molecule has 1 aromatic rings. The molecule has 3 heteroatoms. The monoisotopic (exact) mass is 224 g/mol. The van der Waals surface area contributed by atoms with E-state index in [9.17, 15) is 0 Å². The summed E-state index contributed by atoms with van der Waals surface area (Å²) in [7, 11) is 4.18. The van der Waals surface area contributed by atoms with Crippen LogP contribution in [0, 0.1) is 5.41 Å². The molecule has 0 aliphatic carbocycles. The summed E-state index contributed by atoms with van der Waals surface area (Å²) in [6, 6.07) is 2.03. The zero-order valence-electron chi connectivity index (χ0n) is 10.9. The Morgan fingerprint density at radius 1 is 1.50 bits per heavy atom. The molecule has 0 radical (unpaired) electrons. The van der Waals surface area contributed by atoms with Gasteiger partial charge in [-0.2, -0.15) is 0 Å². The Morgan fingerprint density at radius 2 is 2.25 bits per heavy atom. The van der Waals surface area contributed by atoms with Gasteiger partial charge < -0.3 is 14.6 Å². The van der Waals surface area contributed by atoms with Crippen LogP contribution in [-0.2, 0) is 6.54 Å². The second-order valence-corrected chi connectivity index (χ2v) is 5.00. The molecular weight excluding hydrogens is 200 g/mol. The van der Waals surface area contributed by atoms with Gasteiger partial charge in [-0.05, 0) is 32.0 Å². The van der Waals surface area contributed by atoms with E-state index in [-0.39, 0.29) is 0 Å². The van der Waals surface area contributed by atoms with Crippen LogP contribution in [0.5, 0.6) is 0 Å². The van der Waals surface area contributed by atoms with Gasteiger partial charge in [0.15, 0.2) is 0 Å². The summed E-state index contributed by atoms with van der Waals surface area (Å²) in [6.07, 6.45) is 4.73. The maximum absolute atomic E-state index is 5.08. The van der Waals surface area contributed by atoms with E-state index in [4.69, 9.17) is 4.42 Å². The highest BCUT2D eigenvalue weighted by Crippen LogP contribution is 2.21. The highest BCUT2D eigenvalue weighted by Gasteiger charge is 2.23. The molecule has 0 aliphatic heterocycles. The van der Waals surface area contributed by atoms with Crippen molar-refractivity contribution in [3.63, 3.8) is 0 Å². The third-order valence-electron chi connectivity index (χ3n) is 3.14. The SMILES string of the molecule is CCC(C)(CNC)CN(C)Cc1ccoc1. The van der Waals surface area contributed by atoms with E-state index in [0.717, 1.165) is 19.6 Å². The van der Waals surface area contributed by atoms with Crippen LogP contribution in [-0.4, -0.2) is 32.1 Å². The first-order valence-corrected chi connectivity index (χ1v) is 5.94. The summed E-state index contributed by atoms with van der Waals surface area (Å²) in [6.45, 7) is 7.68. The van der Waals surface area contributed by atoms with Crippen LogP contribution >= 0.6 is 0 Å². The Morgan fingerprint density at radius 3 is 2.75 bits per heavy atom. The van der Waals surface area contributed by atoms with Crippen LogP contribution in [0.1, 0.15) is 25.8 Å². The lowest BCUT2D eigenvalue weighted by molar-refractivity contribution is 0.178. The van der Waals surface area contributed by atoms with E-state index in [2.05, 4.69) is 31.1 Å². The van der Waals surface area contributed by atoms with E-state index in [1.54, 1.807) is 6.26 Å². The highest BCUT2D eigenvalue weighted by atomic mass is 16.3. The average Bonchev–Trinajstić information content (AvgIpc) is 2.70. The van der Waals surface area contributed by atoms with Crippen molar-refractivity contribution >= 4 is 0 Å². The summed E-state index contributed by atoms with van der Waals surface area (Å²) in [5.74, 6) is 0. The van der Waals surface area contributed by atoms with Crippen LogP contribution in [0.4, 0.5) is 0 Å². The maximum atomic E-state index is 5.08. The first-order chi connectivity index (χ1) is 7.59. The third-order valence-corrected chi connectivity index (χ3v) is 3.14. The fourth-order valence-corrected chi connectivity index (χ4v) is 2.12. The quantitative estimate of drug-likeness (QED) is 0.770. The smallest absolute Gasteiger partial charge is 0.0947 e. The maximum Gasteiger partial charge on any atom is 0.0947 e. The third kappa shape index (κ3) is 3.99. The molecule has 0 saturated carbocycles. The summed E-state index contributed by atoms with van der Waals surface area (Å²) < 4.78 is 5.08.